The first-order valence-corrected chi connectivity index (χ1v) is 16.6. The predicted octanol–water partition coefficient (Wildman–Crippen LogP) is 3.17. The molecule has 4 aromatic heterocycles. The van der Waals surface area contributed by atoms with Gasteiger partial charge in [-0.25, -0.2) is 4.98 Å². The van der Waals surface area contributed by atoms with E-state index in [2.05, 4.69) is 25.5 Å². The number of pyridine rings is 1. The Labute approximate surface area is 297 Å². The second-order valence-electron chi connectivity index (χ2n) is 12.4. The van der Waals surface area contributed by atoms with Crippen LogP contribution in [0.3, 0.4) is 0 Å². The number of ether oxygens (including phenoxy) is 1. The van der Waals surface area contributed by atoms with Gasteiger partial charge in [0, 0.05) is 37.1 Å². The Balaban J connectivity index is 1.29. The maximum atomic E-state index is 14.4. The number of halogens is 4. The van der Waals surface area contributed by atoms with Crippen LogP contribution in [0, 0.1) is 6.92 Å². The molecule has 0 aliphatic carbocycles. The summed E-state index contributed by atoms with van der Waals surface area (Å²) in [4.78, 5) is 51.5. The molecule has 0 saturated carbocycles. The molecule has 272 valence electrons. The molecule has 19 heteroatoms. The van der Waals surface area contributed by atoms with Gasteiger partial charge in [0.2, 0.25) is 11.7 Å². The smallest absolute Gasteiger partial charge is 0.416 e. The Bertz CT molecular complexity index is 2280. The van der Waals surface area contributed by atoms with E-state index in [9.17, 15) is 37.8 Å². The highest BCUT2D eigenvalue weighted by Crippen LogP contribution is 2.41. The highest BCUT2D eigenvalue weighted by atomic mass is 35.5. The maximum absolute atomic E-state index is 14.4. The molecule has 1 fully saturated rings. The summed E-state index contributed by atoms with van der Waals surface area (Å²) in [6.45, 7) is 1.86. The molecule has 0 atom stereocenters. The number of rotatable bonds is 7. The zero-order valence-electron chi connectivity index (χ0n) is 27.5. The van der Waals surface area contributed by atoms with Crippen molar-refractivity contribution >= 4 is 34.9 Å². The minimum Gasteiger partial charge on any atom is -0.505 e. The number of amides is 2. The molecule has 0 bridgehead atoms. The van der Waals surface area contributed by atoms with Crippen LogP contribution in [0.25, 0.3) is 17.2 Å². The third kappa shape index (κ3) is 6.15. The van der Waals surface area contributed by atoms with Crippen LogP contribution < -0.4 is 10.9 Å². The molecule has 2 aliphatic heterocycles. The van der Waals surface area contributed by atoms with Crippen molar-refractivity contribution in [3.63, 3.8) is 0 Å². The number of piperidine rings is 1. The zero-order chi connectivity index (χ0) is 36.9. The summed E-state index contributed by atoms with van der Waals surface area (Å²) in [6, 6.07) is 5.45. The van der Waals surface area contributed by atoms with Gasteiger partial charge in [-0.1, -0.05) is 11.6 Å². The third-order valence-electron chi connectivity index (χ3n) is 9.40. The van der Waals surface area contributed by atoms with Crippen LogP contribution >= 0.6 is 11.6 Å². The van der Waals surface area contributed by atoms with Gasteiger partial charge in [0.1, 0.15) is 17.9 Å². The molecule has 15 nitrogen and oxygen atoms in total. The van der Waals surface area contributed by atoms with Crippen molar-refractivity contribution in [1.82, 2.24) is 38.8 Å². The zero-order valence-corrected chi connectivity index (χ0v) is 28.3. The Morgan fingerprint density at radius 2 is 1.94 bits per heavy atom. The van der Waals surface area contributed by atoms with E-state index in [4.69, 9.17) is 16.3 Å². The van der Waals surface area contributed by atoms with Gasteiger partial charge in [-0.3, -0.25) is 19.1 Å². The van der Waals surface area contributed by atoms with Crippen molar-refractivity contribution in [2.75, 3.05) is 31.6 Å². The fraction of sp³-hybridized carbons (Fsp3) is 0.364. The number of hydrogen-bond acceptors (Lipinski definition) is 10. The van der Waals surface area contributed by atoms with Crippen molar-refractivity contribution in [2.45, 2.75) is 51.1 Å². The van der Waals surface area contributed by atoms with Gasteiger partial charge in [0.25, 0.3) is 11.5 Å². The fourth-order valence-electron chi connectivity index (χ4n) is 6.80. The standard InChI is InChI=1S/C33H31ClF3N9O6/c1-18-20(16-39-45(18)12-13-47)28-41-31-44(17-25(49)40-22-5-4-19(15-21(22)34)33(35,36)37)23-6-14-52-32(26(23)29(50)46(31)42-28)7-10-43(11-8-32)30(51)27-24(48)3-2-9-38-27/h2-5,9,15-16,47-48H,6-8,10-14,17H2,1H3,(H,40,49). The molecule has 3 N–H and O–H groups in total. The molecule has 7 rings (SSSR count). The highest BCUT2D eigenvalue weighted by Gasteiger charge is 2.46. The number of fused-ring (bicyclic) bond motifs is 3. The van der Waals surface area contributed by atoms with Crippen molar-refractivity contribution < 1.29 is 37.7 Å². The Hall–Kier alpha value is -5.33. The quantitative estimate of drug-likeness (QED) is 0.224. The van der Waals surface area contributed by atoms with E-state index >= 15 is 0 Å². The van der Waals surface area contributed by atoms with Crippen LogP contribution in [0.2, 0.25) is 5.02 Å². The number of benzene rings is 1. The summed E-state index contributed by atoms with van der Waals surface area (Å²) in [5.41, 5.74) is -1.03. The number of hydrogen-bond donors (Lipinski definition) is 3. The SMILES string of the molecule is Cc1c(-c2nc3n(CC(=O)Nc4ccc(C(F)(F)F)cc4Cl)c4c(c(=O)n3n2)C2(CCN(C(=O)c3ncccc3O)CC2)OCC4)cnn1CCO. The van der Waals surface area contributed by atoms with Gasteiger partial charge in [-0.05, 0) is 50.1 Å². The second-order valence-corrected chi connectivity index (χ2v) is 12.9. The van der Waals surface area contributed by atoms with E-state index in [1.54, 1.807) is 11.6 Å². The van der Waals surface area contributed by atoms with E-state index in [0.29, 0.717) is 23.0 Å². The van der Waals surface area contributed by atoms with Gasteiger partial charge in [-0.15, -0.1) is 5.10 Å². The van der Waals surface area contributed by atoms with Gasteiger partial charge < -0.3 is 29.7 Å². The number of carbonyl (C=O) groups is 2. The molecule has 6 heterocycles. The topological polar surface area (TPSA) is 182 Å². The van der Waals surface area contributed by atoms with E-state index < -0.39 is 41.3 Å². The number of likely N-dealkylation sites (tertiary alicyclic amines) is 1. The molecular weight excluding hydrogens is 711 g/mol. The van der Waals surface area contributed by atoms with E-state index in [-0.39, 0.29) is 91.4 Å². The summed E-state index contributed by atoms with van der Waals surface area (Å²) in [7, 11) is 0. The first-order valence-electron chi connectivity index (χ1n) is 16.2. The molecule has 1 aromatic carbocycles. The summed E-state index contributed by atoms with van der Waals surface area (Å²) < 4.78 is 50.2. The maximum Gasteiger partial charge on any atom is 0.416 e. The van der Waals surface area contributed by atoms with Crippen LogP contribution in [-0.2, 0) is 40.8 Å². The monoisotopic (exact) mass is 741 g/mol. The molecule has 0 unspecified atom stereocenters. The second kappa shape index (κ2) is 13.3. The minimum atomic E-state index is -4.63. The van der Waals surface area contributed by atoms with Gasteiger partial charge in [0.15, 0.2) is 11.5 Å². The third-order valence-corrected chi connectivity index (χ3v) is 9.71. The highest BCUT2D eigenvalue weighted by molar-refractivity contribution is 6.33. The van der Waals surface area contributed by atoms with Crippen LogP contribution in [0.4, 0.5) is 18.9 Å². The molecule has 52 heavy (non-hydrogen) atoms. The summed E-state index contributed by atoms with van der Waals surface area (Å²) in [6.07, 6.45) is -1.13. The molecule has 2 amide bonds. The van der Waals surface area contributed by atoms with E-state index in [0.717, 1.165) is 16.6 Å². The van der Waals surface area contributed by atoms with Crippen molar-refractivity contribution in [3.8, 4) is 17.1 Å². The van der Waals surface area contributed by atoms with E-state index in [1.165, 1.54) is 34.0 Å². The number of anilines is 1. The predicted molar refractivity (Wildman–Crippen MR) is 178 cm³/mol. The number of aromatic nitrogens is 7. The van der Waals surface area contributed by atoms with Crippen molar-refractivity contribution in [3.05, 3.63) is 86.3 Å². The van der Waals surface area contributed by atoms with Crippen molar-refractivity contribution in [2.24, 2.45) is 0 Å². The molecule has 5 aromatic rings. The number of alkyl halides is 3. The van der Waals surface area contributed by atoms with Crippen LogP contribution in [-0.4, -0.2) is 87.2 Å². The largest absolute Gasteiger partial charge is 0.505 e. The number of nitrogens with zero attached hydrogens (tertiary/aromatic N) is 8. The summed E-state index contributed by atoms with van der Waals surface area (Å²) in [5.74, 6) is -1.24. The van der Waals surface area contributed by atoms with Crippen molar-refractivity contribution in [1.29, 1.82) is 0 Å². The molecular formula is C33H31ClF3N9O6. The lowest BCUT2D eigenvalue weighted by atomic mass is 9.81. The first kappa shape index (κ1) is 35.1. The average Bonchev–Trinajstić information content (AvgIpc) is 3.71. The summed E-state index contributed by atoms with van der Waals surface area (Å²) >= 11 is 6.13. The molecule has 1 spiro atoms. The fourth-order valence-corrected chi connectivity index (χ4v) is 7.03. The van der Waals surface area contributed by atoms with E-state index in [1.807, 2.05) is 0 Å². The number of aliphatic hydroxyl groups is 1. The molecule has 2 aliphatic rings. The van der Waals surface area contributed by atoms with Crippen LogP contribution in [0.15, 0.2) is 47.5 Å². The van der Waals surface area contributed by atoms with Gasteiger partial charge >= 0.3 is 6.18 Å². The molecule has 0 radical (unpaired) electrons. The first-order chi connectivity index (χ1) is 24.8. The lowest BCUT2D eigenvalue weighted by Crippen LogP contribution is -2.52. The Morgan fingerprint density at radius 1 is 1.17 bits per heavy atom. The summed E-state index contributed by atoms with van der Waals surface area (Å²) in [5, 5.41) is 30.7. The molecule has 1 saturated heterocycles. The minimum absolute atomic E-state index is 0.0250. The number of aliphatic hydroxyl groups excluding tert-OH is 1. The Morgan fingerprint density at radius 3 is 2.63 bits per heavy atom. The van der Waals surface area contributed by atoms with Crippen LogP contribution in [0.1, 0.15) is 45.8 Å². The average molecular weight is 742 g/mol. The number of aromatic hydroxyl groups is 1. The lowest BCUT2D eigenvalue weighted by Gasteiger charge is -2.44. The number of nitrogens with one attached hydrogen (secondary N) is 1. The van der Waals surface area contributed by atoms with Gasteiger partial charge in [-0.2, -0.15) is 27.8 Å². The normalized spacial score (nSPS) is 15.6. The van der Waals surface area contributed by atoms with Crippen LogP contribution in [0.5, 0.6) is 5.75 Å². The Kier molecular flexibility index (Phi) is 9.00. The number of carbonyl (C=O) groups excluding carboxylic acids is 2. The van der Waals surface area contributed by atoms with Gasteiger partial charge in [0.05, 0.1) is 53.4 Å². The lowest BCUT2D eigenvalue weighted by molar-refractivity contribution is -0.137.